The van der Waals surface area contributed by atoms with Crippen LogP contribution in [-0.2, 0) is 16.0 Å². The van der Waals surface area contributed by atoms with Crippen LogP contribution in [-0.4, -0.2) is 34.0 Å². The molecule has 1 aromatic rings. The smallest absolute Gasteiger partial charge is 0.235 e. The van der Waals surface area contributed by atoms with E-state index in [9.17, 15) is 14.7 Å². The van der Waals surface area contributed by atoms with Crippen molar-refractivity contribution < 1.29 is 14.7 Å². The van der Waals surface area contributed by atoms with Gasteiger partial charge in [-0.05, 0) is 24.8 Å². The first-order valence-corrected chi connectivity index (χ1v) is 7.41. The van der Waals surface area contributed by atoms with Crippen LogP contribution in [0.2, 0.25) is 0 Å². The number of nitrogens with zero attached hydrogens (tertiary/aromatic N) is 1. The van der Waals surface area contributed by atoms with E-state index >= 15 is 0 Å². The molecule has 1 aliphatic heterocycles. The Morgan fingerprint density at radius 1 is 1.29 bits per heavy atom. The molecule has 3 rings (SSSR count). The molecule has 110 valence electrons. The summed E-state index contributed by atoms with van der Waals surface area (Å²) in [7, 11) is 0. The van der Waals surface area contributed by atoms with Crippen LogP contribution in [0, 0.1) is 5.92 Å². The number of imide groups is 1. The number of carbonyl (C=O) groups is 2. The van der Waals surface area contributed by atoms with Gasteiger partial charge in [0.1, 0.15) is 0 Å². The minimum Gasteiger partial charge on any atom is -0.388 e. The van der Waals surface area contributed by atoms with E-state index in [2.05, 4.69) is 0 Å². The van der Waals surface area contributed by atoms with Crippen LogP contribution in [0.5, 0.6) is 0 Å². The molecule has 0 radical (unpaired) electrons. The lowest BCUT2D eigenvalue weighted by molar-refractivity contribution is -0.148. The van der Waals surface area contributed by atoms with Gasteiger partial charge in [0.25, 0.3) is 0 Å². The van der Waals surface area contributed by atoms with Crippen LogP contribution in [0.4, 0.5) is 0 Å². The fourth-order valence-electron chi connectivity index (χ4n) is 3.19. The average Bonchev–Trinajstić information content (AvgIpc) is 3.06. The van der Waals surface area contributed by atoms with Crippen LogP contribution < -0.4 is 0 Å². The number of benzene rings is 1. The summed E-state index contributed by atoms with van der Waals surface area (Å²) in [5, 5.41) is 9.84. The third-order valence-corrected chi connectivity index (χ3v) is 4.33. The summed E-state index contributed by atoms with van der Waals surface area (Å²) in [4.78, 5) is 26.1. The summed E-state index contributed by atoms with van der Waals surface area (Å²) in [6, 6.07) is 9.81. The maximum Gasteiger partial charge on any atom is 0.235 e. The van der Waals surface area contributed by atoms with E-state index in [0.717, 1.165) is 5.56 Å². The van der Waals surface area contributed by atoms with Gasteiger partial charge in [0.2, 0.25) is 11.8 Å². The number of hydrogen-bond acceptors (Lipinski definition) is 3. The molecule has 2 amide bonds. The first kappa shape index (κ1) is 14.0. The van der Waals surface area contributed by atoms with Crippen molar-refractivity contribution >= 4 is 11.8 Å². The van der Waals surface area contributed by atoms with Crippen LogP contribution >= 0.6 is 0 Å². The zero-order chi connectivity index (χ0) is 14.8. The van der Waals surface area contributed by atoms with E-state index in [1.165, 1.54) is 4.90 Å². The van der Waals surface area contributed by atoms with Crippen molar-refractivity contribution in [3.05, 3.63) is 48.0 Å². The molecule has 0 aromatic heterocycles. The van der Waals surface area contributed by atoms with Gasteiger partial charge in [0.15, 0.2) is 0 Å². The standard InChI is InChI=1S/C17H19NO3/c19-15-8-4-7-14(15)17(21)18-13(9-10-16(18)20)11-12-5-2-1-3-6-12/h1-6,8,13-15,19H,7,9-11H2/t13-,14-,15+/m0/s1. The SMILES string of the molecule is O=C1CC[C@@H](Cc2ccccc2)N1C(=O)[C@H]1CC=C[C@H]1O. The van der Waals surface area contributed by atoms with Crippen LogP contribution in [0.1, 0.15) is 24.8 Å². The summed E-state index contributed by atoms with van der Waals surface area (Å²) < 4.78 is 0. The highest BCUT2D eigenvalue weighted by Gasteiger charge is 2.41. The van der Waals surface area contributed by atoms with Gasteiger partial charge in [-0.3, -0.25) is 14.5 Å². The predicted octanol–water partition coefficient (Wildman–Crippen LogP) is 1.68. The second-order valence-corrected chi connectivity index (χ2v) is 5.75. The Labute approximate surface area is 124 Å². The van der Waals surface area contributed by atoms with E-state index in [4.69, 9.17) is 0 Å². The largest absolute Gasteiger partial charge is 0.388 e. The minimum atomic E-state index is -0.761. The van der Waals surface area contributed by atoms with E-state index in [1.807, 2.05) is 30.3 Å². The summed E-state index contributed by atoms with van der Waals surface area (Å²) >= 11 is 0. The first-order valence-electron chi connectivity index (χ1n) is 7.41. The van der Waals surface area contributed by atoms with Crippen LogP contribution in [0.25, 0.3) is 0 Å². The molecule has 21 heavy (non-hydrogen) atoms. The maximum atomic E-state index is 12.6. The van der Waals surface area contributed by atoms with Gasteiger partial charge in [-0.2, -0.15) is 0 Å². The molecule has 2 aliphatic rings. The number of likely N-dealkylation sites (tertiary alicyclic amines) is 1. The molecule has 1 heterocycles. The number of hydrogen-bond donors (Lipinski definition) is 1. The molecule has 0 unspecified atom stereocenters. The van der Waals surface area contributed by atoms with Gasteiger partial charge in [-0.25, -0.2) is 0 Å². The molecule has 1 fully saturated rings. The zero-order valence-electron chi connectivity index (χ0n) is 11.8. The highest BCUT2D eigenvalue weighted by atomic mass is 16.3. The number of allylic oxidation sites excluding steroid dienone is 1. The second-order valence-electron chi connectivity index (χ2n) is 5.75. The summed E-state index contributed by atoms with van der Waals surface area (Å²) in [6.07, 6.45) is 5.00. The van der Waals surface area contributed by atoms with E-state index in [0.29, 0.717) is 25.7 Å². The Kier molecular flexibility index (Phi) is 3.88. The van der Waals surface area contributed by atoms with Crippen molar-refractivity contribution in [3.63, 3.8) is 0 Å². The molecule has 0 bridgehead atoms. The lowest BCUT2D eigenvalue weighted by Crippen LogP contribution is -2.45. The van der Waals surface area contributed by atoms with E-state index in [1.54, 1.807) is 12.2 Å². The highest BCUT2D eigenvalue weighted by molar-refractivity contribution is 5.98. The molecule has 3 atom stereocenters. The molecule has 1 aromatic carbocycles. The summed E-state index contributed by atoms with van der Waals surface area (Å²) in [5.41, 5.74) is 1.13. The van der Waals surface area contributed by atoms with E-state index in [-0.39, 0.29) is 17.9 Å². The molecule has 1 saturated heterocycles. The third kappa shape index (κ3) is 2.76. The van der Waals surface area contributed by atoms with Gasteiger partial charge in [0, 0.05) is 12.5 Å². The van der Waals surface area contributed by atoms with Crippen molar-refractivity contribution in [2.75, 3.05) is 0 Å². The molecule has 4 heteroatoms. The topological polar surface area (TPSA) is 57.6 Å². The fourth-order valence-corrected chi connectivity index (χ4v) is 3.19. The molecule has 0 saturated carbocycles. The van der Waals surface area contributed by atoms with Crippen molar-refractivity contribution in [1.29, 1.82) is 0 Å². The molecule has 1 N–H and O–H groups in total. The molecule has 1 aliphatic carbocycles. The van der Waals surface area contributed by atoms with Gasteiger partial charge in [-0.1, -0.05) is 42.5 Å². The Morgan fingerprint density at radius 2 is 2.05 bits per heavy atom. The van der Waals surface area contributed by atoms with Crippen LogP contribution in [0.15, 0.2) is 42.5 Å². The fraction of sp³-hybridized carbons (Fsp3) is 0.412. The highest BCUT2D eigenvalue weighted by Crippen LogP contribution is 2.28. The van der Waals surface area contributed by atoms with Gasteiger partial charge in [-0.15, -0.1) is 0 Å². The van der Waals surface area contributed by atoms with Crippen molar-refractivity contribution in [1.82, 2.24) is 4.90 Å². The monoisotopic (exact) mass is 285 g/mol. The van der Waals surface area contributed by atoms with Crippen LogP contribution in [0.3, 0.4) is 0 Å². The number of amides is 2. The Hall–Kier alpha value is -1.94. The first-order chi connectivity index (χ1) is 10.2. The van der Waals surface area contributed by atoms with Gasteiger partial charge in [0.05, 0.1) is 12.0 Å². The number of aliphatic hydroxyl groups is 1. The summed E-state index contributed by atoms with van der Waals surface area (Å²) in [6.45, 7) is 0. The Morgan fingerprint density at radius 3 is 2.71 bits per heavy atom. The summed E-state index contributed by atoms with van der Waals surface area (Å²) in [5.74, 6) is -0.832. The third-order valence-electron chi connectivity index (χ3n) is 4.33. The quantitative estimate of drug-likeness (QED) is 0.679. The molecule has 4 nitrogen and oxygen atoms in total. The molecule has 0 spiro atoms. The molecular formula is C17H19NO3. The number of rotatable bonds is 3. The Bertz CT molecular complexity index is 567. The van der Waals surface area contributed by atoms with Gasteiger partial charge < -0.3 is 5.11 Å². The lowest BCUT2D eigenvalue weighted by Gasteiger charge is -2.27. The van der Waals surface area contributed by atoms with Crippen molar-refractivity contribution in [3.8, 4) is 0 Å². The second kappa shape index (κ2) is 5.82. The molecular weight excluding hydrogens is 266 g/mol. The predicted molar refractivity (Wildman–Crippen MR) is 78.3 cm³/mol. The zero-order valence-corrected chi connectivity index (χ0v) is 11.8. The van der Waals surface area contributed by atoms with Crippen molar-refractivity contribution in [2.24, 2.45) is 5.92 Å². The normalized spacial score (nSPS) is 28.3. The number of carbonyl (C=O) groups excluding carboxylic acids is 2. The van der Waals surface area contributed by atoms with E-state index < -0.39 is 12.0 Å². The number of aliphatic hydroxyl groups excluding tert-OH is 1. The maximum absolute atomic E-state index is 12.6. The Balaban J connectivity index is 1.75. The average molecular weight is 285 g/mol. The lowest BCUT2D eigenvalue weighted by atomic mass is 10.00. The van der Waals surface area contributed by atoms with Gasteiger partial charge >= 0.3 is 0 Å². The minimum absolute atomic E-state index is 0.0831. The van der Waals surface area contributed by atoms with Crippen molar-refractivity contribution in [2.45, 2.75) is 37.8 Å².